The lowest BCUT2D eigenvalue weighted by atomic mass is 10.3. The second kappa shape index (κ2) is 5.09. The second-order valence-electron chi connectivity index (χ2n) is 3.80. The third kappa shape index (κ3) is 3.94. The zero-order valence-corrected chi connectivity index (χ0v) is 9.73. The van der Waals surface area contributed by atoms with Crippen LogP contribution in [0.4, 0.5) is 0 Å². The molecule has 5 heteroatoms. The molecule has 0 amide bonds. The molecular weight excluding hydrogens is 200 g/mol. The second-order valence-corrected chi connectivity index (χ2v) is 5.67. The Morgan fingerprint density at radius 3 is 2.57 bits per heavy atom. The van der Waals surface area contributed by atoms with Crippen LogP contribution in [0.3, 0.4) is 0 Å². The summed E-state index contributed by atoms with van der Waals surface area (Å²) >= 11 is 0. The summed E-state index contributed by atoms with van der Waals surface area (Å²) in [6.07, 6.45) is 2.08. The van der Waals surface area contributed by atoms with Gasteiger partial charge in [-0.25, -0.2) is 13.1 Å². The third-order valence-electron chi connectivity index (χ3n) is 2.58. The summed E-state index contributed by atoms with van der Waals surface area (Å²) in [6, 6.07) is 0.214. The SMILES string of the molecule is CCNCCS(=O)(=O)NC1CC1CC. The third-order valence-corrected chi connectivity index (χ3v) is 3.98. The molecule has 2 unspecified atom stereocenters. The van der Waals surface area contributed by atoms with Crippen LogP contribution in [0.15, 0.2) is 0 Å². The van der Waals surface area contributed by atoms with Crippen LogP contribution in [-0.2, 0) is 10.0 Å². The zero-order chi connectivity index (χ0) is 10.6. The molecule has 2 atom stereocenters. The van der Waals surface area contributed by atoms with Crippen molar-refractivity contribution in [2.24, 2.45) is 5.92 Å². The van der Waals surface area contributed by atoms with Crippen LogP contribution in [-0.4, -0.2) is 33.3 Å². The Bertz CT molecular complexity index is 264. The van der Waals surface area contributed by atoms with E-state index in [4.69, 9.17) is 0 Å². The fourth-order valence-corrected chi connectivity index (χ4v) is 2.80. The number of rotatable bonds is 7. The molecule has 1 aliphatic carbocycles. The predicted molar refractivity (Wildman–Crippen MR) is 57.7 cm³/mol. The summed E-state index contributed by atoms with van der Waals surface area (Å²) in [5.74, 6) is 0.761. The molecule has 0 aromatic rings. The van der Waals surface area contributed by atoms with Gasteiger partial charge in [-0.05, 0) is 18.9 Å². The molecule has 84 valence electrons. The van der Waals surface area contributed by atoms with Gasteiger partial charge in [-0.1, -0.05) is 20.3 Å². The summed E-state index contributed by atoms with van der Waals surface area (Å²) in [5.41, 5.74) is 0. The molecular formula is C9H20N2O2S. The Morgan fingerprint density at radius 2 is 2.07 bits per heavy atom. The van der Waals surface area contributed by atoms with Crippen LogP contribution < -0.4 is 10.0 Å². The summed E-state index contributed by atoms with van der Waals surface area (Å²) in [4.78, 5) is 0. The number of hydrogen-bond donors (Lipinski definition) is 2. The molecule has 0 bridgehead atoms. The van der Waals surface area contributed by atoms with Crippen LogP contribution in [0.2, 0.25) is 0 Å². The summed E-state index contributed by atoms with van der Waals surface area (Å²) in [6.45, 7) is 5.41. The highest BCUT2D eigenvalue weighted by Gasteiger charge is 2.37. The van der Waals surface area contributed by atoms with Gasteiger partial charge in [0.05, 0.1) is 5.75 Å². The maximum Gasteiger partial charge on any atom is 0.213 e. The minimum Gasteiger partial charge on any atom is -0.316 e. The standard InChI is InChI=1S/C9H20N2O2S/c1-3-8-7-9(8)11-14(12,13)6-5-10-4-2/h8-11H,3-7H2,1-2H3. The highest BCUT2D eigenvalue weighted by atomic mass is 32.2. The number of sulfonamides is 1. The summed E-state index contributed by atoms with van der Waals surface area (Å²) in [5, 5.41) is 3.00. The van der Waals surface area contributed by atoms with Gasteiger partial charge < -0.3 is 5.32 Å². The Labute approximate surface area is 86.5 Å². The number of nitrogens with one attached hydrogen (secondary N) is 2. The van der Waals surface area contributed by atoms with Crippen molar-refractivity contribution in [3.8, 4) is 0 Å². The van der Waals surface area contributed by atoms with Gasteiger partial charge in [-0.3, -0.25) is 0 Å². The largest absolute Gasteiger partial charge is 0.316 e. The van der Waals surface area contributed by atoms with Gasteiger partial charge in [0.15, 0.2) is 0 Å². The Morgan fingerprint density at radius 1 is 1.36 bits per heavy atom. The van der Waals surface area contributed by atoms with E-state index >= 15 is 0 Å². The van der Waals surface area contributed by atoms with Crippen molar-refractivity contribution in [2.45, 2.75) is 32.7 Å². The van der Waals surface area contributed by atoms with Crippen LogP contribution in [0.5, 0.6) is 0 Å². The Hall–Kier alpha value is -0.130. The lowest BCUT2D eigenvalue weighted by molar-refractivity contribution is 0.572. The molecule has 1 saturated carbocycles. The van der Waals surface area contributed by atoms with Gasteiger partial charge in [0.25, 0.3) is 0 Å². The van der Waals surface area contributed by atoms with Crippen molar-refractivity contribution in [3.63, 3.8) is 0 Å². The van der Waals surface area contributed by atoms with Crippen molar-refractivity contribution in [1.29, 1.82) is 0 Å². The molecule has 1 rings (SSSR count). The van der Waals surface area contributed by atoms with Gasteiger partial charge in [-0.15, -0.1) is 0 Å². The fraction of sp³-hybridized carbons (Fsp3) is 1.00. The van der Waals surface area contributed by atoms with E-state index in [1.807, 2.05) is 6.92 Å². The van der Waals surface area contributed by atoms with E-state index in [1.165, 1.54) is 0 Å². The monoisotopic (exact) mass is 220 g/mol. The van der Waals surface area contributed by atoms with Gasteiger partial charge in [0.1, 0.15) is 0 Å². The van der Waals surface area contributed by atoms with E-state index in [1.54, 1.807) is 0 Å². The molecule has 0 aromatic carbocycles. The summed E-state index contributed by atoms with van der Waals surface area (Å²) < 4.78 is 25.7. The fourth-order valence-electron chi connectivity index (χ4n) is 1.52. The molecule has 4 nitrogen and oxygen atoms in total. The highest BCUT2D eigenvalue weighted by Crippen LogP contribution is 2.33. The van der Waals surface area contributed by atoms with E-state index in [2.05, 4.69) is 17.0 Å². The maximum atomic E-state index is 11.5. The molecule has 14 heavy (non-hydrogen) atoms. The molecule has 0 radical (unpaired) electrons. The van der Waals surface area contributed by atoms with Gasteiger partial charge in [0, 0.05) is 12.6 Å². The average Bonchev–Trinajstić information content (AvgIpc) is 2.82. The first kappa shape index (κ1) is 11.9. The Kier molecular flexibility index (Phi) is 4.34. The molecule has 1 fully saturated rings. The van der Waals surface area contributed by atoms with Gasteiger partial charge in [-0.2, -0.15) is 0 Å². The lowest BCUT2D eigenvalue weighted by Crippen LogP contribution is -2.33. The smallest absolute Gasteiger partial charge is 0.213 e. The molecule has 0 heterocycles. The minimum atomic E-state index is -3.05. The van der Waals surface area contributed by atoms with Crippen LogP contribution in [0.1, 0.15) is 26.7 Å². The molecule has 0 spiro atoms. The topological polar surface area (TPSA) is 58.2 Å². The Balaban J connectivity index is 2.22. The zero-order valence-electron chi connectivity index (χ0n) is 8.91. The van der Waals surface area contributed by atoms with E-state index in [0.29, 0.717) is 12.5 Å². The van der Waals surface area contributed by atoms with Crippen molar-refractivity contribution in [2.75, 3.05) is 18.8 Å². The predicted octanol–water partition coefficient (Wildman–Crippen LogP) is 0.314. The molecule has 0 saturated heterocycles. The van der Waals surface area contributed by atoms with Gasteiger partial charge >= 0.3 is 0 Å². The number of hydrogen-bond acceptors (Lipinski definition) is 3. The highest BCUT2D eigenvalue weighted by molar-refractivity contribution is 7.89. The first-order chi connectivity index (χ1) is 6.59. The van der Waals surface area contributed by atoms with E-state index < -0.39 is 10.0 Å². The average molecular weight is 220 g/mol. The van der Waals surface area contributed by atoms with Gasteiger partial charge in [0.2, 0.25) is 10.0 Å². The van der Waals surface area contributed by atoms with Crippen molar-refractivity contribution >= 4 is 10.0 Å². The van der Waals surface area contributed by atoms with Crippen molar-refractivity contribution < 1.29 is 8.42 Å². The first-order valence-corrected chi connectivity index (χ1v) is 6.95. The maximum absolute atomic E-state index is 11.5. The van der Waals surface area contributed by atoms with Crippen LogP contribution in [0, 0.1) is 5.92 Å². The normalized spacial score (nSPS) is 26.4. The lowest BCUT2D eigenvalue weighted by Gasteiger charge is -2.05. The molecule has 1 aliphatic rings. The van der Waals surface area contributed by atoms with Crippen LogP contribution >= 0.6 is 0 Å². The van der Waals surface area contributed by atoms with Crippen molar-refractivity contribution in [3.05, 3.63) is 0 Å². The molecule has 2 N–H and O–H groups in total. The minimum absolute atomic E-state index is 0.188. The van der Waals surface area contributed by atoms with E-state index in [9.17, 15) is 8.42 Å². The van der Waals surface area contributed by atoms with E-state index in [-0.39, 0.29) is 11.8 Å². The molecule has 0 aliphatic heterocycles. The van der Waals surface area contributed by atoms with Crippen molar-refractivity contribution in [1.82, 2.24) is 10.0 Å². The van der Waals surface area contributed by atoms with Crippen LogP contribution in [0.25, 0.3) is 0 Å². The molecule has 0 aromatic heterocycles. The van der Waals surface area contributed by atoms with E-state index in [0.717, 1.165) is 19.4 Å². The summed E-state index contributed by atoms with van der Waals surface area (Å²) in [7, 11) is -3.05. The quantitative estimate of drug-likeness (QED) is 0.607. The first-order valence-electron chi connectivity index (χ1n) is 5.29.